The number of hydrogen-bond donors (Lipinski definition) is 1. The summed E-state index contributed by atoms with van der Waals surface area (Å²) in [6.07, 6.45) is 0. The average molecular weight is 385 g/mol. The lowest BCUT2D eigenvalue weighted by atomic mass is 10.1. The number of carbonyl (C=O) groups is 2. The van der Waals surface area contributed by atoms with E-state index in [4.69, 9.17) is 0 Å². The monoisotopic (exact) mass is 385 g/mol. The first kappa shape index (κ1) is 19.0. The lowest BCUT2D eigenvalue weighted by Gasteiger charge is -2.21. The second-order valence-electron chi connectivity index (χ2n) is 5.84. The first-order valence-electron chi connectivity index (χ1n) is 8.31. The predicted octanol–water partition coefficient (Wildman–Crippen LogP) is 2.07. The minimum atomic E-state index is -1.45. The molecule has 0 radical (unpaired) electrons. The third-order valence-electron chi connectivity index (χ3n) is 4.14. The molecule has 0 aliphatic rings. The van der Waals surface area contributed by atoms with Crippen LogP contribution in [0.25, 0.3) is 5.69 Å². The van der Waals surface area contributed by atoms with E-state index in [1.54, 1.807) is 19.1 Å². The number of rotatable bonds is 4. The fourth-order valence-corrected chi connectivity index (χ4v) is 2.80. The van der Waals surface area contributed by atoms with Crippen molar-refractivity contribution in [3.8, 4) is 5.69 Å². The predicted molar refractivity (Wildman–Crippen MR) is 97.5 cm³/mol. The molecular weight excluding hydrogens is 369 g/mol. The van der Waals surface area contributed by atoms with E-state index in [0.29, 0.717) is 15.1 Å². The Morgan fingerprint density at radius 2 is 1.86 bits per heavy atom. The number of aromatic nitrogens is 4. The number of benzene rings is 2. The highest BCUT2D eigenvalue weighted by Gasteiger charge is 2.26. The molecule has 144 valence electrons. The highest BCUT2D eigenvalue weighted by Crippen LogP contribution is 2.20. The van der Waals surface area contributed by atoms with Crippen LogP contribution in [0.2, 0.25) is 0 Å². The van der Waals surface area contributed by atoms with Crippen molar-refractivity contribution in [1.82, 2.24) is 19.8 Å². The van der Waals surface area contributed by atoms with Gasteiger partial charge in [0.05, 0.1) is 5.56 Å². The summed E-state index contributed by atoms with van der Waals surface area (Å²) in [4.78, 5) is 38.2. The van der Waals surface area contributed by atoms with E-state index in [0.717, 1.165) is 17.7 Å². The van der Waals surface area contributed by atoms with Crippen LogP contribution in [0.5, 0.6) is 0 Å². The molecule has 2 aromatic carbocycles. The fourth-order valence-electron chi connectivity index (χ4n) is 2.80. The number of aryl methyl sites for hydroxylation is 1. The number of para-hydroxylation sites is 2. The summed E-state index contributed by atoms with van der Waals surface area (Å²) < 4.78 is 15.2. The van der Waals surface area contributed by atoms with Gasteiger partial charge in [-0.05, 0) is 48.0 Å². The van der Waals surface area contributed by atoms with E-state index in [1.807, 2.05) is 19.1 Å². The highest BCUT2D eigenvalue weighted by molar-refractivity contribution is 5.94. The lowest BCUT2D eigenvalue weighted by Crippen LogP contribution is -2.41. The van der Waals surface area contributed by atoms with Crippen molar-refractivity contribution < 1.29 is 19.1 Å². The summed E-state index contributed by atoms with van der Waals surface area (Å²) in [5.74, 6) is -2.43. The number of nitrogens with zero attached hydrogens (tertiary/aromatic N) is 5. The second-order valence-corrected chi connectivity index (χ2v) is 5.84. The van der Waals surface area contributed by atoms with E-state index in [2.05, 4.69) is 10.4 Å². The van der Waals surface area contributed by atoms with Gasteiger partial charge in [-0.25, -0.2) is 18.8 Å². The number of aromatic carboxylic acids is 1. The molecule has 3 rings (SSSR count). The van der Waals surface area contributed by atoms with Crippen LogP contribution >= 0.6 is 0 Å². The van der Waals surface area contributed by atoms with E-state index in [1.165, 1.54) is 11.0 Å². The summed E-state index contributed by atoms with van der Waals surface area (Å²) in [6, 6.07) is 9.60. The fraction of sp³-hybridized carbons (Fsp3) is 0.167. The van der Waals surface area contributed by atoms with Gasteiger partial charge in [0.15, 0.2) is 0 Å². The van der Waals surface area contributed by atoms with Gasteiger partial charge in [0.2, 0.25) is 0 Å². The zero-order chi connectivity index (χ0) is 20.4. The molecule has 0 bridgehead atoms. The second kappa shape index (κ2) is 7.43. The van der Waals surface area contributed by atoms with Gasteiger partial charge in [0, 0.05) is 12.2 Å². The van der Waals surface area contributed by atoms with Gasteiger partial charge in [-0.1, -0.05) is 24.3 Å². The molecule has 0 saturated heterocycles. The molecular formula is C18H16FN5O4. The van der Waals surface area contributed by atoms with Crippen molar-refractivity contribution >= 4 is 17.7 Å². The zero-order valence-electron chi connectivity index (χ0n) is 15.0. The Morgan fingerprint density at radius 1 is 1.14 bits per heavy atom. The summed E-state index contributed by atoms with van der Waals surface area (Å²) in [6.45, 7) is 3.77. The van der Waals surface area contributed by atoms with Crippen LogP contribution in [0.1, 0.15) is 22.8 Å². The van der Waals surface area contributed by atoms with E-state index in [-0.39, 0.29) is 6.54 Å². The molecule has 3 aromatic rings. The number of tetrazole rings is 1. The van der Waals surface area contributed by atoms with E-state index in [9.17, 15) is 23.9 Å². The highest BCUT2D eigenvalue weighted by atomic mass is 19.1. The molecule has 28 heavy (non-hydrogen) atoms. The van der Waals surface area contributed by atoms with Crippen molar-refractivity contribution in [3.63, 3.8) is 0 Å². The van der Waals surface area contributed by atoms with Crippen LogP contribution in [-0.2, 0) is 0 Å². The van der Waals surface area contributed by atoms with E-state index >= 15 is 0 Å². The number of amides is 1. The normalized spacial score (nSPS) is 10.7. The number of carboxylic acid groups (broad SMARTS) is 1. The third-order valence-corrected chi connectivity index (χ3v) is 4.14. The van der Waals surface area contributed by atoms with Crippen molar-refractivity contribution in [3.05, 3.63) is 69.9 Å². The van der Waals surface area contributed by atoms with Gasteiger partial charge in [0.1, 0.15) is 11.5 Å². The number of halogens is 1. The zero-order valence-corrected chi connectivity index (χ0v) is 15.0. The van der Waals surface area contributed by atoms with Crippen molar-refractivity contribution in [1.29, 1.82) is 0 Å². The lowest BCUT2D eigenvalue weighted by molar-refractivity contribution is 0.0696. The van der Waals surface area contributed by atoms with Crippen LogP contribution in [0, 0.1) is 12.7 Å². The molecule has 10 heteroatoms. The number of hydrogen-bond acceptors (Lipinski definition) is 5. The maximum absolute atomic E-state index is 14.2. The minimum Gasteiger partial charge on any atom is -0.478 e. The number of carbonyl (C=O) groups excluding carboxylic acids is 1. The number of anilines is 1. The smallest absolute Gasteiger partial charge is 0.377 e. The molecule has 0 spiro atoms. The van der Waals surface area contributed by atoms with Crippen molar-refractivity contribution in [2.75, 3.05) is 11.4 Å². The summed E-state index contributed by atoms with van der Waals surface area (Å²) in [7, 11) is 0. The van der Waals surface area contributed by atoms with Gasteiger partial charge in [-0.3, -0.25) is 4.90 Å². The standard InChI is InChI=1S/C18H16FN5O4/c1-3-22(14-10-5-4-7-11(14)2)17(27)24-18(28)23(20-21-24)15-12(16(25)26)8-6-9-13(15)19/h4-10H,3H2,1-2H3,(H,25,26). The maximum atomic E-state index is 14.2. The first-order valence-corrected chi connectivity index (χ1v) is 8.31. The van der Waals surface area contributed by atoms with Crippen LogP contribution in [0.3, 0.4) is 0 Å². The van der Waals surface area contributed by atoms with Gasteiger partial charge < -0.3 is 5.11 Å². The Hall–Kier alpha value is -3.82. The molecule has 0 unspecified atom stereocenters. The van der Waals surface area contributed by atoms with Gasteiger partial charge in [-0.2, -0.15) is 4.68 Å². The molecule has 0 atom stereocenters. The molecule has 1 N–H and O–H groups in total. The molecule has 1 amide bonds. The Bertz CT molecular complexity index is 1120. The third kappa shape index (κ3) is 3.15. The maximum Gasteiger partial charge on any atom is 0.377 e. The summed E-state index contributed by atoms with van der Waals surface area (Å²) in [5.41, 5.74) is -0.760. The summed E-state index contributed by atoms with van der Waals surface area (Å²) >= 11 is 0. The number of carboxylic acids is 1. The topological polar surface area (TPSA) is 110 Å². The van der Waals surface area contributed by atoms with Gasteiger partial charge >= 0.3 is 17.7 Å². The quantitative estimate of drug-likeness (QED) is 0.689. The Labute approximate surface area is 158 Å². The van der Waals surface area contributed by atoms with Crippen LogP contribution in [0.4, 0.5) is 14.9 Å². The van der Waals surface area contributed by atoms with Gasteiger partial charge in [-0.15, -0.1) is 4.68 Å². The molecule has 1 aromatic heterocycles. The Kier molecular flexibility index (Phi) is 5.03. The SMILES string of the molecule is CCN(C(=O)n1nnn(-c2c(F)cccc2C(=O)O)c1=O)c1ccccc1C. The molecule has 1 heterocycles. The molecule has 0 aliphatic heterocycles. The average Bonchev–Trinajstić information content (AvgIpc) is 3.04. The Balaban J connectivity index is 2.10. The van der Waals surface area contributed by atoms with Crippen molar-refractivity contribution in [2.24, 2.45) is 0 Å². The molecule has 9 nitrogen and oxygen atoms in total. The first-order chi connectivity index (χ1) is 13.4. The molecule has 0 saturated carbocycles. The van der Waals surface area contributed by atoms with Crippen LogP contribution in [-0.4, -0.2) is 43.4 Å². The largest absolute Gasteiger partial charge is 0.478 e. The van der Waals surface area contributed by atoms with Crippen molar-refractivity contribution in [2.45, 2.75) is 13.8 Å². The van der Waals surface area contributed by atoms with Crippen LogP contribution in [0.15, 0.2) is 47.3 Å². The molecule has 0 fully saturated rings. The minimum absolute atomic E-state index is 0.239. The molecule has 0 aliphatic carbocycles. The van der Waals surface area contributed by atoms with E-state index < -0.39 is 34.8 Å². The summed E-state index contributed by atoms with van der Waals surface area (Å²) in [5, 5.41) is 16.3. The Morgan fingerprint density at radius 3 is 2.50 bits per heavy atom. The van der Waals surface area contributed by atoms with Gasteiger partial charge in [0.25, 0.3) is 0 Å². The van der Waals surface area contributed by atoms with Crippen LogP contribution < -0.4 is 10.6 Å².